The van der Waals surface area contributed by atoms with Gasteiger partial charge < -0.3 is 19.7 Å². The molecule has 27 heavy (non-hydrogen) atoms. The Hall–Kier alpha value is -1.44. The molecule has 3 rings (SSSR count). The second kappa shape index (κ2) is 8.29. The summed E-state index contributed by atoms with van der Waals surface area (Å²) in [5.41, 5.74) is 1.87. The van der Waals surface area contributed by atoms with Crippen LogP contribution in [0.25, 0.3) is 0 Å². The first-order chi connectivity index (χ1) is 12.8. The summed E-state index contributed by atoms with van der Waals surface area (Å²) >= 11 is 1.55. The largest absolute Gasteiger partial charge is 0.465 e. The Morgan fingerprint density at radius 1 is 1.30 bits per heavy atom. The van der Waals surface area contributed by atoms with Crippen LogP contribution in [0.4, 0.5) is 5.00 Å². The molecule has 0 aromatic carbocycles. The summed E-state index contributed by atoms with van der Waals surface area (Å²) in [4.78, 5) is 27.4. The van der Waals surface area contributed by atoms with Gasteiger partial charge in [-0.2, -0.15) is 0 Å². The summed E-state index contributed by atoms with van der Waals surface area (Å²) in [6, 6.07) is 0. The quantitative estimate of drug-likeness (QED) is 0.759. The van der Waals surface area contributed by atoms with Crippen LogP contribution in [0.15, 0.2) is 0 Å². The van der Waals surface area contributed by atoms with Crippen molar-refractivity contribution in [2.75, 3.05) is 45.3 Å². The molecule has 1 aliphatic heterocycles. The third-order valence-corrected chi connectivity index (χ3v) is 6.91. The highest BCUT2D eigenvalue weighted by molar-refractivity contribution is 7.17. The van der Waals surface area contributed by atoms with Crippen molar-refractivity contribution in [1.29, 1.82) is 0 Å². The van der Waals surface area contributed by atoms with E-state index in [0.29, 0.717) is 36.2 Å². The molecule has 1 amide bonds. The molecule has 7 heteroatoms. The predicted octanol–water partition coefficient (Wildman–Crippen LogP) is 1.54. The smallest absolute Gasteiger partial charge is 0.341 e. The van der Waals surface area contributed by atoms with E-state index in [9.17, 15) is 9.59 Å². The molecule has 0 saturated carbocycles. The van der Waals surface area contributed by atoms with Gasteiger partial charge >= 0.3 is 5.97 Å². The molecule has 1 saturated heterocycles. The van der Waals surface area contributed by atoms with Gasteiger partial charge in [0, 0.05) is 4.88 Å². The third-order valence-electron chi connectivity index (χ3n) is 5.74. The number of hydrogen-bond donors (Lipinski definition) is 2. The molecule has 1 aliphatic carbocycles. The van der Waals surface area contributed by atoms with E-state index in [0.717, 1.165) is 37.9 Å². The zero-order chi connectivity index (χ0) is 19.6. The van der Waals surface area contributed by atoms with E-state index in [4.69, 9.17) is 9.47 Å². The molecule has 1 fully saturated rings. The zero-order valence-corrected chi connectivity index (χ0v) is 17.6. The van der Waals surface area contributed by atoms with Crippen LogP contribution in [0.2, 0.25) is 0 Å². The number of methoxy groups -OCH3 is 1. The van der Waals surface area contributed by atoms with Gasteiger partial charge in [0.2, 0.25) is 0 Å². The number of nitrogens with one attached hydrogen (secondary N) is 2. The maximum absolute atomic E-state index is 12.6. The van der Waals surface area contributed by atoms with Crippen LogP contribution in [0.1, 0.15) is 48.0 Å². The molecule has 6 nitrogen and oxygen atoms in total. The maximum atomic E-state index is 12.6. The van der Waals surface area contributed by atoms with Crippen LogP contribution in [-0.2, 0) is 27.1 Å². The first kappa shape index (κ1) is 20.3. The van der Waals surface area contributed by atoms with Gasteiger partial charge in [-0.15, -0.1) is 11.3 Å². The lowest BCUT2D eigenvalue weighted by molar-refractivity contribution is -0.899. The van der Waals surface area contributed by atoms with Crippen LogP contribution in [0.3, 0.4) is 0 Å². The zero-order valence-electron chi connectivity index (χ0n) is 16.8. The average molecular weight is 396 g/mol. The van der Waals surface area contributed by atoms with Crippen LogP contribution >= 0.6 is 11.3 Å². The van der Waals surface area contributed by atoms with Gasteiger partial charge in [0.05, 0.1) is 25.9 Å². The highest BCUT2D eigenvalue weighted by Crippen LogP contribution is 2.44. The van der Waals surface area contributed by atoms with Crippen LogP contribution in [0.5, 0.6) is 0 Å². The number of carbonyl (C=O) groups is 2. The van der Waals surface area contributed by atoms with Gasteiger partial charge in [-0.05, 0) is 36.2 Å². The molecule has 1 atom stereocenters. The summed E-state index contributed by atoms with van der Waals surface area (Å²) in [5, 5.41) is 3.65. The average Bonchev–Trinajstić information content (AvgIpc) is 2.97. The second-order valence-electron chi connectivity index (χ2n) is 8.59. The molecule has 0 bridgehead atoms. The number of anilines is 1. The Balaban J connectivity index is 1.79. The predicted molar refractivity (Wildman–Crippen MR) is 106 cm³/mol. The molecule has 2 N–H and O–H groups in total. The molecule has 0 radical (unpaired) electrons. The number of quaternary nitrogens is 1. The minimum absolute atomic E-state index is 0.0528. The Morgan fingerprint density at radius 2 is 2.00 bits per heavy atom. The Bertz CT molecular complexity index is 702. The van der Waals surface area contributed by atoms with E-state index >= 15 is 0 Å². The second-order valence-corrected chi connectivity index (χ2v) is 9.70. The monoisotopic (exact) mass is 395 g/mol. The molecule has 150 valence electrons. The number of morpholine rings is 1. The molecule has 0 spiro atoms. The third kappa shape index (κ3) is 4.70. The molecule has 2 heterocycles. The number of fused-ring (bicyclic) bond motifs is 1. The fraction of sp³-hybridized carbons (Fsp3) is 0.700. The summed E-state index contributed by atoms with van der Waals surface area (Å²) in [6.45, 7) is 10.3. The van der Waals surface area contributed by atoms with E-state index in [1.165, 1.54) is 16.9 Å². The van der Waals surface area contributed by atoms with Crippen LogP contribution < -0.4 is 10.2 Å². The van der Waals surface area contributed by atoms with E-state index in [1.54, 1.807) is 11.3 Å². The number of hydrogen-bond acceptors (Lipinski definition) is 5. The van der Waals surface area contributed by atoms with Crippen molar-refractivity contribution >= 4 is 28.2 Å². The normalized spacial score (nSPS) is 20.8. The molecular weight excluding hydrogens is 364 g/mol. The number of carbonyl (C=O) groups excluding carboxylic acids is 2. The van der Waals surface area contributed by atoms with Crippen molar-refractivity contribution in [1.82, 2.24) is 0 Å². The number of amides is 1. The summed E-state index contributed by atoms with van der Waals surface area (Å²) in [6.07, 6.45) is 2.88. The van der Waals surface area contributed by atoms with Gasteiger partial charge in [-0.3, -0.25) is 4.79 Å². The number of thiophene rings is 1. The van der Waals surface area contributed by atoms with Gasteiger partial charge in [-0.1, -0.05) is 20.8 Å². The van der Waals surface area contributed by atoms with Crippen LogP contribution in [0, 0.1) is 11.3 Å². The van der Waals surface area contributed by atoms with E-state index < -0.39 is 0 Å². The van der Waals surface area contributed by atoms with Gasteiger partial charge in [-0.25, -0.2) is 4.79 Å². The van der Waals surface area contributed by atoms with Crippen molar-refractivity contribution in [2.45, 2.75) is 40.0 Å². The SMILES string of the molecule is COC(=O)c1c(NC(=O)C[NH+]2CCOCC2)sc2c1CC[C@H](C(C)(C)C)C2. The lowest BCUT2D eigenvalue weighted by atomic mass is 9.72. The summed E-state index contributed by atoms with van der Waals surface area (Å²) in [5.74, 6) is 0.175. The minimum atomic E-state index is -0.351. The molecular formula is C20H31N2O4S+. The van der Waals surface area contributed by atoms with Crippen molar-refractivity contribution in [3.05, 3.63) is 16.0 Å². The first-order valence-electron chi connectivity index (χ1n) is 9.73. The number of ether oxygens (including phenoxy) is 2. The van der Waals surface area contributed by atoms with Crippen molar-refractivity contribution in [3.8, 4) is 0 Å². The standard InChI is InChI=1S/C20H30N2O4S/c1-20(2,3)13-5-6-14-15(11-13)27-18(17(14)19(24)25-4)21-16(23)12-22-7-9-26-10-8-22/h13H,5-12H2,1-4H3,(H,21,23)/p+1/t13-/m0/s1. The molecule has 1 aromatic heterocycles. The van der Waals surface area contributed by atoms with E-state index in [2.05, 4.69) is 26.1 Å². The lowest BCUT2D eigenvalue weighted by Crippen LogP contribution is -3.15. The molecule has 1 aromatic rings. The minimum Gasteiger partial charge on any atom is -0.465 e. The summed E-state index contributed by atoms with van der Waals surface area (Å²) in [7, 11) is 1.40. The number of rotatable bonds is 4. The first-order valence-corrected chi connectivity index (χ1v) is 10.5. The fourth-order valence-corrected chi connectivity index (χ4v) is 5.30. The number of esters is 1. The van der Waals surface area contributed by atoms with Crippen molar-refractivity contribution in [3.63, 3.8) is 0 Å². The van der Waals surface area contributed by atoms with Gasteiger partial charge in [0.1, 0.15) is 18.1 Å². The topological polar surface area (TPSA) is 69.1 Å². The highest BCUT2D eigenvalue weighted by atomic mass is 32.1. The Labute approximate surface area is 165 Å². The van der Waals surface area contributed by atoms with Crippen molar-refractivity contribution < 1.29 is 24.0 Å². The van der Waals surface area contributed by atoms with E-state index in [-0.39, 0.29) is 17.3 Å². The van der Waals surface area contributed by atoms with E-state index in [1.807, 2.05) is 0 Å². The fourth-order valence-electron chi connectivity index (χ4n) is 3.97. The molecule has 0 unspecified atom stereocenters. The van der Waals surface area contributed by atoms with Gasteiger partial charge in [0.25, 0.3) is 5.91 Å². The Kier molecular flexibility index (Phi) is 6.23. The Morgan fingerprint density at radius 3 is 2.63 bits per heavy atom. The van der Waals surface area contributed by atoms with Gasteiger partial charge in [0.15, 0.2) is 6.54 Å². The maximum Gasteiger partial charge on any atom is 0.341 e. The highest BCUT2D eigenvalue weighted by Gasteiger charge is 2.34. The van der Waals surface area contributed by atoms with Crippen molar-refractivity contribution in [2.24, 2.45) is 11.3 Å². The van der Waals surface area contributed by atoms with Crippen LogP contribution in [-0.4, -0.2) is 51.8 Å². The molecule has 2 aliphatic rings. The lowest BCUT2D eigenvalue weighted by Gasteiger charge is -2.33. The summed E-state index contributed by atoms with van der Waals surface area (Å²) < 4.78 is 10.4.